The molecule has 0 aromatic heterocycles. The van der Waals surface area contributed by atoms with Gasteiger partial charge in [0.1, 0.15) is 6.04 Å². The fourth-order valence-corrected chi connectivity index (χ4v) is 9.33. The smallest absolute Gasteiger partial charge is 0.243 e. The van der Waals surface area contributed by atoms with Crippen LogP contribution in [0.3, 0.4) is 0 Å². The first-order chi connectivity index (χ1) is 31.5. The topological polar surface area (TPSA) is 52.7 Å². The summed E-state index contributed by atoms with van der Waals surface area (Å²) in [5.41, 5.74) is 0. The van der Waals surface area contributed by atoms with Crippen LogP contribution in [0.15, 0.2) is 0 Å². The molecule has 0 heterocycles. The van der Waals surface area contributed by atoms with Crippen molar-refractivity contribution in [1.29, 1.82) is 0 Å². The number of nitrogens with one attached hydrogen (secondary N) is 1. The minimum atomic E-state index is -0.368. The fourth-order valence-electron chi connectivity index (χ4n) is 9.33. The van der Waals surface area contributed by atoms with Gasteiger partial charge in [0, 0.05) is 32.4 Å². The van der Waals surface area contributed by atoms with Crippen molar-refractivity contribution >= 4 is 11.8 Å². The van der Waals surface area contributed by atoms with Gasteiger partial charge in [-0.1, -0.05) is 252 Å². The number of carbonyl (C=O) groups is 2. The summed E-state index contributed by atoms with van der Waals surface area (Å²) in [4.78, 5) is 32.8. The molecule has 0 radical (unpaired) electrons. The lowest BCUT2D eigenvalue weighted by molar-refractivity contribution is -0.143. The van der Waals surface area contributed by atoms with Crippen LogP contribution in [0.2, 0.25) is 0 Å². The first-order valence-corrected chi connectivity index (χ1v) is 28.8. The highest BCUT2D eigenvalue weighted by atomic mass is 16.2. The number of hydrogen-bond donors (Lipinski definition) is 1. The number of unbranched alkanes of at least 4 members (excludes halogenated alkanes) is 32. The van der Waals surface area contributed by atoms with Crippen LogP contribution in [-0.4, -0.2) is 60.4 Å². The minimum Gasteiger partial charge on any atom is -0.354 e. The summed E-state index contributed by atoms with van der Waals surface area (Å²) in [6.07, 6.45) is 49.3. The Morgan fingerprint density at radius 3 is 1.23 bits per heavy atom. The van der Waals surface area contributed by atoms with Crippen LogP contribution in [0.1, 0.15) is 298 Å². The van der Waals surface area contributed by atoms with E-state index in [1.165, 1.54) is 173 Å². The molecule has 5 heteroatoms. The average molecular weight is 895 g/mol. The van der Waals surface area contributed by atoms with Gasteiger partial charge in [-0.25, -0.2) is 0 Å². The van der Waals surface area contributed by atoms with E-state index in [1.807, 2.05) is 4.90 Å². The van der Waals surface area contributed by atoms with Gasteiger partial charge in [0.15, 0.2) is 0 Å². The molecule has 0 fully saturated rings. The van der Waals surface area contributed by atoms with E-state index >= 15 is 0 Å². The van der Waals surface area contributed by atoms with Crippen LogP contribution in [0, 0.1) is 29.6 Å². The zero-order valence-electron chi connectivity index (χ0n) is 44.2. The summed E-state index contributed by atoms with van der Waals surface area (Å²) < 4.78 is 0. The van der Waals surface area contributed by atoms with E-state index in [2.05, 4.69) is 75.4 Å². The van der Waals surface area contributed by atoms with Crippen molar-refractivity contribution in [3.05, 3.63) is 0 Å². The molecule has 1 N–H and O–H groups in total. The van der Waals surface area contributed by atoms with Gasteiger partial charge < -0.3 is 15.1 Å². The standard InChI is InChI=1S/C59H111N3O2/c1-7-13-16-18-20-22-24-26-28-30-31-32-33-34-35-36-38-40-42-44-46-48-52-57(63)62(55-50-54-61(11-5)12-6)58(56(10-4)51-15-9-3)59(64)60-53-49-47-45-43-41-39-37-29-27-25-23-21-19-17-14-8-2/h56,58H,7-31,36-55H2,1-6H3,(H,60,64). The van der Waals surface area contributed by atoms with E-state index in [0.29, 0.717) is 13.0 Å². The maximum Gasteiger partial charge on any atom is 0.243 e. The van der Waals surface area contributed by atoms with E-state index in [4.69, 9.17) is 0 Å². The summed E-state index contributed by atoms with van der Waals surface area (Å²) in [6, 6.07) is -0.368. The predicted octanol–water partition coefficient (Wildman–Crippen LogP) is 16.9. The largest absolute Gasteiger partial charge is 0.354 e. The molecule has 374 valence electrons. The highest BCUT2D eigenvalue weighted by Crippen LogP contribution is 2.24. The minimum absolute atomic E-state index is 0.0864. The third-order valence-corrected chi connectivity index (χ3v) is 13.8. The molecule has 0 saturated heterocycles. The highest BCUT2D eigenvalue weighted by Gasteiger charge is 2.35. The Morgan fingerprint density at radius 1 is 0.438 bits per heavy atom. The molecule has 0 saturated carbocycles. The number of carbonyl (C=O) groups excluding carboxylic acids is 2. The summed E-state index contributed by atoms with van der Waals surface area (Å²) in [6.45, 7) is 17.8. The quantitative estimate of drug-likeness (QED) is 0.0489. The predicted molar refractivity (Wildman–Crippen MR) is 283 cm³/mol. The molecule has 2 amide bonds. The second-order valence-electron chi connectivity index (χ2n) is 19.5. The Labute approximate surface area is 401 Å². The van der Waals surface area contributed by atoms with Crippen molar-refractivity contribution in [1.82, 2.24) is 15.1 Å². The maximum absolute atomic E-state index is 14.2. The molecule has 0 aromatic carbocycles. The number of nitrogens with zero attached hydrogens (tertiary/aromatic N) is 2. The van der Waals surface area contributed by atoms with Crippen molar-refractivity contribution in [3.8, 4) is 23.7 Å². The van der Waals surface area contributed by atoms with Gasteiger partial charge in [0.05, 0.1) is 0 Å². The number of amides is 2. The number of hydrogen-bond acceptors (Lipinski definition) is 3. The summed E-state index contributed by atoms with van der Waals surface area (Å²) in [5, 5.41) is 3.35. The highest BCUT2D eigenvalue weighted by molar-refractivity contribution is 5.88. The molecule has 0 aliphatic carbocycles. The molecular weight excluding hydrogens is 783 g/mol. The van der Waals surface area contributed by atoms with Gasteiger partial charge in [-0.05, 0) is 75.9 Å². The van der Waals surface area contributed by atoms with Gasteiger partial charge in [-0.2, -0.15) is 0 Å². The Balaban J connectivity index is 4.75. The second-order valence-corrected chi connectivity index (χ2v) is 19.5. The summed E-state index contributed by atoms with van der Waals surface area (Å²) >= 11 is 0. The van der Waals surface area contributed by atoms with Crippen LogP contribution in [0.4, 0.5) is 0 Å². The molecule has 2 atom stereocenters. The molecule has 0 aliphatic heterocycles. The molecule has 5 nitrogen and oxygen atoms in total. The molecule has 0 aliphatic rings. The van der Waals surface area contributed by atoms with Crippen molar-refractivity contribution in [2.75, 3.05) is 32.7 Å². The van der Waals surface area contributed by atoms with Crippen molar-refractivity contribution in [2.45, 2.75) is 304 Å². The van der Waals surface area contributed by atoms with Crippen LogP contribution in [-0.2, 0) is 9.59 Å². The summed E-state index contributed by atoms with van der Waals surface area (Å²) in [7, 11) is 0. The monoisotopic (exact) mass is 894 g/mol. The Bertz CT molecular complexity index is 1130. The molecule has 64 heavy (non-hydrogen) atoms. The summed E-state index contributed by atoms with van der Waals surface area (Å²) in [5.74, 6) is 13.1. The zero-order valence-corrected chi connectivity index (χ0v) is 44.2. The van der Waals surface area contributed by atoms with E-state index < -0.39 is 0 Å². The van der Waals surface area contributed by atoms with Gasteiger partial charge in [-0.15, -0.1) is 0 Å². The van der Waals surface area contributed by atoms with Crippen molar-refractivity contribution in [2.24, 2.45) is 5.92 Å². The van der Waals surface area contributed by atoms with Gasteiger partial charge in [0.25, 0.3) is 0 Å². The zero-order chi connectivity index (χ0) is 46.8. The lowest BCUT2D eigenvalue weighted by Crippen LogP contribution is -2.54. The van der Waals surface area contributed by atoms with Crippen molar-refractivity contribution in [3.63, 3.8) is 0 Å². The molecule has 0 aromatic rings. The lowest BCUT2D eigenvalue weighted by atomic mass is 9.89. The van der Waals surface area contributed by atoms with Crippen LogP contribution < -0.4 is 5.32 Å². The fraction of sp³-hybridized carbons (Fsp3) is 0.898. The first-order valence-electron chi connectivity index (χ1n) is 28.8. The Hall–Kier alpha value is -1.98. The van der Waals surface area contributed by atoms with Crippen LogP contribution in [0.5, 0.6) is 0 Å². The SMILES string of the molecule is CCCCCCCCCCCCC#CC#CCCCCCCCCC(=O)N(CCCN(CC)CC)C(C(=O)NCCCCCCCCCCCCCCCCCC)C(CC)CCCC. The van der Waals surface area contributed by atoms with Crippen LogP contribution in [0.25, 0.3) is 0 Å². The first kappa shape index (κ1) is 62.0. The number of rotatable bonds is 48. The van der Waals surface area contributed by atoms with Gasteiger partial charge in [-0.3, -0.25) is 9.59 Å². The molecule has 0 bridgehead atoms. The molecule has 0 rings (SSSR count). The van der Waals surface area contributed by atoms with E-state index in [1.54, 1.807) is 0 Å². The lowest BCUT2D eigenvalue weighted by Gasteiger charge is -2.37. The van der Waals surface area contributed by atoms with Gasteiger partial charge in [0.2, 0.25) is 11.8 Å². The Kier molecular flexibility index (Phi) is 48.9. The van der Waals surface area contributed by atoms with E-state index in [9.17, 15) is 9.59 Å². The normalized spacial score (nSPS) is 12.1. The second kappa shape index (κ2) is 50.4. The molecular formula is C59H111N3O2. The van der Waals surface area contributed by atoms with Gasteiger partial charge >= 0.3 is 0 Å². The maximum atomic E-state index is 14.2. The average Bonchev–Trinajstić information content (AvgIpc) is 3.30. The van der Waals surface area contributed by atoms with Crippen molar-refractivity contribution < 1.29 is 9.59 Å². The van der Waals surface area contributed by atoms with E-state index in [0.717, 1.165) is 103 Å². The third kappa shape index (κ3) is 39.2. The molecule has 2 unspecified atom stereocenters. The molecule has 0 spiro atoms. The van der Waals surface area contributed by atoms with E-state index in [-0.39, 0.29) is 23.8 Å². The van der Waals surface area contributed by atoms with Crippen LogP contribution >= 0.6 is 0 Å². The Morgan fingerprint density at radius 2 is 0.828 bits per heavy atom. The third-order valence-electron chi connectivity index (χ3n) is 13.8.